The van der Waals surface area contributed by atoms with Crippen LogP contribution in [0.25, 0.3) is 0 Å². The summed E-state index contributed by atoms with van der Waals surface area (Å²) in [4.78, 5) is 4.28. The van der Waals surface area contributed by atoms with Crippen LogP contribution >= 0.6 is 0 Å². The Morgan fingerprint density at radius 3 is 2.79 bits per heavy atom. The highest BCUT2D eigenvalue weighted by atomic mass is 16.5. The van der Waals surface area contributed by atoms with Crippen molar-refractivity contribution in [3.63, 3.8) is 0 Å². The molecular formula is C11H17NO2. The third-order valence-corrected chi connectivity index (χ3v) is 2.42. The van der Waals surface area contributed by atoms with Crippen molar-refractivity contribution < 1.29 is 9.84 Å². The predicted octanol–water partition coefficient (Wildman–Crippen LogP) is 1.96. The average Bonchev–Trinajstić information content (AvgIpc) is 2.27. The van der Waals surface area contributed by atoms with E-state index in [0.29, 0.717) is 5.88 Å². The van der Waals surface area contributed by atoms with Crippen molar-refractivity contribution in [1.82, 2.24) is 4.98 Å². The van der Waals surface area contributed by atoms with E-state index < -0.39 is 0 Å². The second-order valence-corrected chi connectivity index (χ2v) is 3.37. The number of aromatic nitrogens is 1. The van der Waals surface area contributed by atoms with E-state index in [9.17, 15) is 5.11 Å². The van der Waals surface area contributed by atoms with Gasteiger partial charge in [0.25, 0.3) is 0 Å². The minimum atomic E-state index is -0.338. The van der Waals surface area contributed by atoms with Crippen molar-refractivity contribution in [3.8, 4) is 5.88 Å². The number of methoxy groups -OCH3 is 1. The van der Waals surface area contributed by atoms with Crippen LogP contribution in [0, 0.1) is 0 Å². The Morgan fingerprint density at radius 1 is 1.50 bits per heavy atom. The maximum Gasteiger partial charge on any atom is 0.213 e. The molecule has 1 aromatic heterocycles. The smallest absolute Gasteiger partial charge is 0.213 e. The topological polar surface area (TPSA) is 42.4 Å². The predicted molar refractivity (Wildman–Crippen MR) is 55.5 cm³/mol. The second-order valence-electron chi connectivity index (χ2n) is 3.37. The van der Waals surface area contributed by atoms with E-state index >= 15 is 0 Å². The number of aliphatic hydroxyl groups excluding tert-OH is 1. The Kier molecular flexibility index (Phi) is 3.89. The molecule has 1 N–H and O–H groups in total. The monoisotopic (exact) mass is 195 g/mol. The van der Waals surface area contributed by atoms with Crippen LogP contribution < -0.4 is 4.74 Å². The fourth-order valence-electron chi connectivity index (χ4n) is 1.35. The summed E-state index contributed by atoms with van der Waals surface area (Å²) in [6.45, 7) is 3.93. The van der Waals surface area contributed by atoms with E-state index in [1.165, 1.54) is 0 Å². The Morgan fingerprint density at radius 2 is 2.21 bits per heavy atom. The van der Waals surface area contributed by atoms with Gasteiger partial charge in [-0.25, -0.2) is 4.98 Å². The SMILES string of the molecule is CCC(O)C(C)c1cccc(OC)n1. The van der Waals surface area contributed by atoms with E-state index in [-0.39, 0.29) is 12.0 Å². The van der Waals surface area contributed by atoms with Gasteiger partial charge >= 0.3 is 0 Å². The molecule has 2 unspecified atom stereocenters. The van der Waals surface area contributed by atoms with Gasteiger partial charge in [0.1, 0.15) is 0 Å². The first kappa shape index (κ1) is 11.0. The quantitative estimate of drug-likeness (QED) is 0.798. The Bertz CT molecular complexity index is 288. The van der Waals surface area contributed by atoms with Crippen LogP contribution in [-0.2, 0) is 0 Å². The summed E-state index contributed by atoms with van der Waals surface area (Å²) in [5.41, 5.74) is 0.874. The molecule has 1 rings (SSSR count). The fourth-order valence-corrected chi connectivity index (χ4v) is 1.35. The van der Waals surface area contributed by atoms with Crippen LogP contribution in [0.4, 0.5) is 0 Å². The molecular weight excluding hydrogens is 178 g/mol. The molecule has 0 fully saturated rings. The third kappa shape index (κ3) is 2.45. The van der Waals surface area contributed by atoms with Crippen LogP contribution in [-0.4, -0.2) is 23.3 Å². The molecule has 0 aliphatic heterocycles. The molecule has 0 amide bonds. The van der Waals surface area contributed by atoms with Crippen LogP contribution in [0.2, 0.25) is 0 Å². The molecule has 1 aromatic rings. The number of hydrogen-bond donors (Lipinski definition) is 1. The van der Waals surface area contributed by atoms with Gasteiger partial charge in [-0.05, 0) is 12.5 Å². The summed E-state index contributed by atoms with van der Waals surface area (Å²) >= 11 is 0. The summed E-state index contributed by atoms with van der Waals surface area (Å²) in [6, 6.07) is 5.60. The molecule has 0 saturated heterocycles. The molecule has 0 bridgehead atoms. The van der Waals surface area contributed by atoms with Gasteiger partial charge in [-0.2, -0.15) is 0 Å². The molecule has 0 spiro atoms. The van der Waals surface area contributed by atoms with E-state index in [1.54, 1.807) is 13.2 Å². The summed E-state index contributed by atoms with van der Waals surface area (Å²) < 4.78 is 5.03. The highest BCUT2D eigenvalue weighted by molar-refractivity contribution is 5.18. The number of rotatable bonds is 4. The molecule has 78 valence electrons. The summed E-state index contributed by atoms with van der Waals surface area (Å²) in [6.07, 6.45) is 0.398. The number of pyridine rings is 1. The number of ether oxygens (including phenoxy) is 1. The summed E-state index contributed by atoms with van der Waals surface area (Å²) in [5.74, 6) is 0.646. The van der Waals surface area contributed by atoms with Gasteiger partial charge in [-0.15, -0.1) is 0 Å². The molecule has 3 heteroatoms. The van der Waals surface area contributed by atoms with Gasteiger partial charge in [0.2, 0.25) is 5.88 Å². The molecule has 1 heterocycles. The molecule has 3 nitrogen and oxygen atoms in total. The summed E-state index contributed by atoms with van der Waals surface area (Å²) in [5, 5.41) is 9.66. The molecule has 0 radical (unpaired) electrons. The normalized spacial score (nSPS) is 14.9. The second kappa shape index (κ2) is 4.96. The zero-order valence-electron chi connectivity index (χ0n) is 8.90. The largest absolute Gasteiger partial charge is 0.481 e. The molecule has 0 aliphatic carbocycles. The molecule has 0 aliphatic rings. The van der Waals surface area contributed by atoms with Gasteiger partial charge in [0.15, 0.2) is 0 Å². The van der Waals surface area contributed by atoms with Crippen molar-refractivity contribution in [3.05, 3.63) is 23.9 Å². The number of nitrogens with zero attached hydrogens (tertiary/aromatic N) is 1. The Labute approximate surface area is 84.7 Å². The molecule has 2 atom stereocenters. The molecule has 14 heavy (non-hydrogen) atoms. The fraction of sp³-hybridized carbons (Fsp3) is 0.545. The van der Waals surface area contributed by atoms with E-state index in [0.717, 1.165) is 12.1 Å². The lowest BCUT2D eigenvalue weighted by atomic mass is 9.98. The zero-order valence-corrected chi connectivity index (χ0v) is 8.90. The minimum Gasteiger partial charge on any atom is -0.481 e. The van der Waals surface area contributed by atoms with Crippen molar-refractivity contribution in [1.29, 1.82) is 0 Å². The standard InChI is InChI=1S/C11H17NO2/c1-4-10(13)8(2)9-6-5-7-11(12-9)14-3/h5-8,10,13H,4H2,1-3H3. The summed E-state index contributed by atoms with van der Waals surface area (Å²) in [7, 11) is 1.59. The Hall–Kier alpha value is -1.09. The molecule has 0 aromatic carbocycles. The number of aliphatic hydroxyl groups is 1. The average molecular weight is 195 g/mol. The van der Waals surface area contributed by atoms with Crippen LogP contribution in [0.15, 0.2) is 18.2 Å². The van der Waals surface area contributed by atoms with Gasteiger partial charge in [-0.3, -0.25) is 0 Å². The first-order chi connectivity index (χ1) is 6.69. The van der Waals surface area contributed by atoms with Crippen molar-refractivity contribution in [2.24, 2.45) is 0 Å². The van der Waals surface area contributed by atoms with Crippen LogP contribution in [0.3, 0.4) is 0 Å². The maximum absolute atomic E-state index is 9.66. The highest BCUT2D eigenvalue weighted by Gasteiger charge is 2.15. The van der Waals surface area contributed by atoms with Gasteiger partial charge in [-0.1, -0.05) is 19.9 Å². The lowest BCUT2D eigenvalue weighted by Gasteiger charge is -2.16. The molecule has 0 saturated carbocycles. The van der Waals surface area contributed by atoms with E-state index in [4.69, 9.17) is 4.74 Å². The van der Waals surface area contributed by atoms with E-state index in [2.05, 4.69) is 4.98 Å². The van der Waals surface area contributed by atoms with Crippen LogP contribution in [0.5, 0.6) is 5.88 Å². The van der Waals surface area contributed by atoms with Crippen molar-refractivity contribution in [2.45, 2.75) is 32.3 Å². The lowest BCUT2D eigenvalue weighted by molar-refractivity contribution is 0.143. The number of hydrogen-bond acceptors (Lipinski definition) is 3. The highest BCUT2D eigenvalue weighted by Crippen LogP contribution is 2.20. The minimum absolute atomic E-state index is 0.0510. The van der Waals surface area contributed by atoms with Crippen molar-refractivity contribution >= 4 is 0 Å². The first-order valence-corrected chi connectivity index (χ1v) is 4.88. The first-order valence-electron chi connectivity index (χ1n) is 4.88. The van der Waals surface area contributed by atoms with Crippen LogP contribution in [0.1, 0.15) is 31.9 Å². The lowest BCUT2D eigenvalue weighted by Crippen LogP contribution is -2.15. The third-order valence-electron chi connectivity index (χ3n) is 2.42. The van der Waals surface area contributed by atoms with Gasteiger partial charge < -0.3 is 9.84 Å². The maximum atomic E-state index is 9.66. The van der Waals surface area contributed by atoms with Gasteiger partial charge in [0.05, 0.1) is 13.2 Å². The van der Waals surface area contributed by atoms with Crippen molar-refractivity contribution in [2.75, 3.05) is 7.11 Å². The van der Waals surface area contributed by atoms with E-state index in [1.807, 2.05) is 26.0 Å². The van der Waals surface area contributed by atoms with Gasteiger partial charge in [0, 0.05) is 17.7 Å². The Balaban J connectivity index is 2.83. The zero-order chi connectivity index (χ0) is 10.6.